The molecule has 0 aliphatic rings. The molecular formula is C23H30N2O6. The van der Waals surface area contributed by atoms with Crippen molar-refractivity contribution in [2.24, 2.45) is 0 Å². The van der Waals surface area contributed by atoms with Crippen LogP contribution in [-0.2, 0) is 27.2 Å². The van der Waals surface area contributed by atoms with Crippen molar-refractivity contribution in [2.75, 3.05) is 13.7 Å². The van der Waals surface area contributed by atoms with Crippen molar-refractivity contribution in [3.8, 4) is 5.75 Å². The minimum absolute atomic E-state index is 0.0356. The zero-order valence-corrected chi connectivity index (χ0v) is 18.6. The van der Waals surface area contributed by atoms with Crippen LogP contribution in [0.2, 0.25) is 0 Å². The molecule has 0 fully saturated rings. The van der Waals surface area contributed by atoms with Gasteiger partial charge >= 0.3 is 5.97 Å². The minimum atomic E-state index is -0.734. The van der Waals surface area contributed by atoms with Gasteiger partial charge in [0, 0.05) is 24.2 Å². The molecule has 168 valence electrons. The van der Waals surface area contributed by atoms with Crippen LogP contribution in [0.3, 0.4) is 0 Å². The summed E-state index contributed by atoms with van der Waals surface area (Å²) >= 11 is 0. The summed E-state index contributed by atoms with van der Waals surface area (Å²) in [6.07, 6.45) is -0.555. The van der Waals surface area contributed by atoms with Crippen molar-refractivity contribution in [3.05, 3.63) is 63.1 Å². The van der Waals surface area contributed by atoms with Crippen LogP contribution in [-0.4, -0.2) is 42.8 Å². The number of aromatic nitrogens is 1. The Balaban J connectivity index is 2.18. The van der Waals surface area contributed by atoms with Gasteiger partial charge in [0.2, 0.25) is 0 Å². The minimum Gasteiger partial charge on any atom is -0.496 e. The predicted octanol–water partition coefficient (Wildman–Crippen LogP) is 2.52. The molecule has 0 radical (unpaired) electrons. The highest BCUT2D eigenvalue weighted by molar-refractivity contribution is 5.93. The average Bonchev–Trinajstić information content (AvgIpc) is 2.71. The number of rotatable bonds is 10. The van der Waals surface area contributed by atoms with E-state index < -0.39 is 23.5 Å². The molecule has 2 rings (SSSR count). The average molecular weight is 431 g/mol. The summed E-state index contributed by atoms with van der Waals surface area (Å²) in [6.45, 7) is 7.62. The van der Waals surface area contributed by atoms with Crippen LogP contribution in [0.5, 0.6) is 5.75 Å². The van der Waals surface area contributed by atoms with Gasteiger partial charge in [0.1, 0.15) is 11.3 Å². The van der Waals surface area contributed by atoms with Crippen molar-refractivity contribution >= 4 is 11.9 Å². The Morgan fingerprint density at radius 2 is 1.90 bits per heavy atom. The Kier molecular flexibility index (Phi) is 8.81. The Morgan fingerprint density at radius 1 is 1.16 bits per heavy atom. The number of nitrogens with one attached hydrogen (secondary N) is 2. The molecule has 0 aliphatic heterocycles. The van der Waals surface area contributed by atoms with Crippen LogP contribution in [0.4, 0.5) is 0 Å². The predicted molar refractivity (Wildman–Crippen MR) is 116 cm³/mol. The van der Waals surface area contributed by atoms with E-state index in [-0.39, 0.29) is 24.8 Å². The largest absolute Gasteiger partial charge is 0.496 e. The molecule has 1 amide bonds. The van der Waals surface area contributed by atoms with Gasteiger partial charge in [-0.3, -0.25) is 9.59 Å². The second kappa shape index (κ2) is 11.3. The molecule has 1 aromatic carbocycles. The number of methoxy groups -OCH3 is 1. The monoisotopic (exact) mass is 430 g/mol. The SMILES string of the molecule is CCOC(=O)C(Cc1ccc(OC)c(CNC(=O)c2ccc(C)[nH]c2=O)c1)OC(C)C. The molecule has 1 unspecified atom stereocenters. The van der Waals surface area contributed by atoms with Gasteiger partial charge in [-0.15, -0.1) is 0 Å². The van der Waals surface area contributed by atoms with Crippen molar-refractivity contribution in [3.63, 3.8) is 0 Å². The number of hydrogen-bond donors (Lipinski definition) is 2. The number of aryl methyl sites for hydroxylation is 1. The fourth-order valence-electron chi connectivity index (χ4n) is 3.08. The summed E-state index contributed by atoms with van der Waals surface area (Å²) in [5.74, 6) is -0.318. The van der Waals surface area contributed by atoms with Gasteiger partial charge in [-0.2, -0.15) is 0 Å². The number of pyridine rings is 1. The first kappa shape index (κ1) is 24.1. The molecule has 1 heterocycles. The van der Waals surface area contributed by atoms with E-state index in [0.717, 1.165) is 5.56 Å². The summed E-state index contributed by atoms with van der Waals surface area (Å²) in [6, 6.07) is 8.61. The molecule has 31 heavy (non-hydrogen) atoms. The number of esters is 1. The number of carbonyl (C=O) groups excluding carboxylic acids is 2. The lowest BCUT2D eigenvalue weighted by Gasteiger charge is -2.20. The molecule has 0 saturated heterocycles. The molecule has 2 N–H and O–H groups in total. The fourth-order valence-corrected chi connectivity index (χ4v) is 3.08. The molecule has 0 aliphatic carbocycles. The van der Waals surface area contributed by atoms with Crippen molar-refractivity contribution in [2.45, 2.75) is 52.9 Å². The Hall–Kier alpha value is -3.13. The maximum atomic E-state index is 12.4. The number of H-pyrrole nitrogens is 1. The lowest BCUT2D eigenvalue weighted by molar-refractivity contribution is -0.159. The molecule has 0 saturated carbocycles. The maximum Gasteiger partial charge on any atom is 0.335 e. The third-order valence-electron chi connectivity index (χ3n) is 4.49. The van der Waals surface area contributed by atoms with Crippen molar-refractivity contribution < 1.29 is 23.8 Å². The first-order chi connectivity index (χ1) is 14.7. The van der Waals surface area contributed by atoms with Gasteiger partial charge in [-0.05, 0) is 51.5 Å². The van der Waals surface area contributed by atoms with Crippen molar-refractivity contribution in [1.29, 1.82) is 0 Å². The van der Waals surface area contributed by atoms with E-state index in [1.807, 2.05) is 26.0 Å². The zero-order chi connectivity index (χ0) is 23.0. The van der Waals surface area contributed by atoms with Gasteiger partial charge in [0.15, 0.2) is 6.10 Å². The first-order valence-electron chi connectivity index (χ1n) is 10.2. The topological polar surface area (TPSA) is 107 Å². The standard InChI is InChI=1S/C23H30N2O6/c1-6-30-23(28)20(31-14(2)3)12-16-8-10-19(29-5)17(11-16)13-24-21(26)18-9-7-15(4)25-22(18)27/h7-11,14,20H,6,12-13H2,1-5H3,(H,24,26)(H,25,27). The van der Waals surface area contributed by atoms with E-state index in [4.69, 9.17) is 14.2 Å². The zero-order valence-electron chi connectivity index (χ0n) is 18.6. The molecular weight excluding hydrogens is 400 g/mol. The van der Waals surface area contributed by atoms with Crippen molar-refractivity contribution in [1.82, 2.24) is 10.3 Å². The number of hydrogen-bond acceptors (Lipinski definition) is 6. The fraction of sp³-hybridized carbons (Fsp3) is 0.435. The third-order valence-corrected chi connectivity index (χ3v) is 4.49. The maximum absolute atomic E-state index is 12.4. The lowest BCUT2D eigenvalue weighted by Crippen LogP contribution is -2.31. The second-order valence-electron chi connectivity index (χ2n) is 7.34. The van der Waals surface area contributed by atoms with Crippen LogP contribution < -0.4 is 15.6 Å². The van der Waals surface area contributed by atoms with E-state index in [0.29, 0.717) is 23.4 Å². The summed E-state index contributed by atoms with van der Waals surface area (Å²) in [5.41, 5.74) is 1.81. The highest BCUT2D eigenvalue weighted by Gasteiger charge is 2.23. The van der Waals surface area contributed by atoms with Gasteiger partial charge in [0.05, 0.1) is 19.8 Å². The highest BCUT2D eigenvalue weighted by Crippen LogP contribution is 2.22. The van der Waals surface area contributed by atoms with Crippen LogP contribution >= 0.6 is 0 Å². The summed E-state index contributed by atoms with van der Waals surface area (Å²) in [4.78, 5) is 39.3. The van der Waals surface area contributed by atoms with Crippen LogP contribution in [0.1, 0.15) is 48.0 Å². The van der Waals surface area contributed by atoms with E-state index in [2.05, 4.69) is 10.3 Å². The Bertz CT molecular complexity index is 967. The first-order valence-corrected chi connectivity index (χ1v) is 10.2. The lowest BCUT2D eigenvalue weighted by atomic mass is 10.0. The van der Waals surface area contributed by atoms with E-state index >= 15 is 0 Å². The van der Waals surface area contributed by atoms with Crippen LogP contribution in [0.25, 0.3) is 0 Å². The number of carbonyl (C=O) groups is 2. The highest BCUT2D eigenvalue weighted by atomic mass is 16.6. The molecule has 1 atom stereocenters. The van der Waals surface area contributed by atoms with E-state index in [9.17, 15) is 14.4 Å². The summed E-state index contributed by atoms with van der Waals surface area (Å²) < 4.78 is 16.2. The number of amides is 1. The molecule has 8 nitrogen and oxygen atoms in total. The molecule has 1 aromatic heterocycles. The quantitative estimate of drug-likeness (QED) is 0.561. The van der Waals surface area contributed by atoms with Gasteiger partial charge < -0.3 is 24.5 Å². The molecule has 2 aromatic rings. The van der Waals surface area contributed by atoms with Crippen LogP contribution in [0, 0.1) is 6.92 Å². The Morgan fingerprint density at radius 3 is 2.52 bits per heavy atom. The molecule has 0 bridgehead atoms. The van der Waals surface area contributed by atoms with E-state index in [1.165, 1.54) is 13.2 Å². The molecule has 0 spiro atoms. The molecule has 8 heteroatoms. The normalized spacial score (nSPS) is 11.8. The second-order valence-corrected chi connectivity index (χ2v) is 7.34. The van der Waals surface area contributed by atoms with Gasteiger partial charge in [0.25, 0.3) is 11.5 Å². The van der Waals surface area contributed by atoms with Crippen LogP contribution in [0.15, 0.2) is 35.1 Å². The Labute approximate surface area is 181 Å². The summed E-state index contributed by atoms with van der Waals surface area (Å²) in [5, 5.41) is 2.74. The van der Waals surface area contributed by atoms with E-state index in [1.54, 1.807) is 26.0 Å². The third kappa shape index (κ3) is 6.96. The summed E-state index contributed by atoms with van der Waals surface area (Å²) in [7, 11) is 1.54. The van der Waals surface area contributed by atoms with Gasteiger partial charge in [-0.25, -0.2) is 4.79 Å². The smallest absolute Gasteiger partial charge is 0.335 e. The number of benzene rings is 1. The van der Waals surface area contributed by atoms with Gasteiger partial charge in [-0.1, -0.05) is 12.1 Å². The number of ether oxygens (including phenoxy) is 3. The number of aromatic amines is 1.